The molecule has 0 aliphatic carbocycles. The molecule has 1 heterocycles. The van der Waals surface area contributed by atoms with Crippen LogP contribution < -0.4 is 5.32 Å². The Balaban J connectivity index is 1.62. The molecule has 0 bridgehead atoms. The third-order valence-electron chi connectivity index (χ3n) is 4.82. The molecule has 0 spiro atoms. The van der Waals surface area contributed by atoms with Crippen LogP contribution in [0.25, 0.3) is 22.6 Å². The highest BCUT2D eigenvalue weighted by Crippen LogP contribution is 2.30. The van der Waals surface area contributed by atoms with Crippen molar-refractivity contribution in [1.82, 2.24) is 10.3 Å². The number of oxazole rings is 1. The van der Waals surface area contributed by atoms with E-state index in [9.17, 15) is 9.90 Å². The molecular formula is C23H30N2O6Si. The Bertz CT molecular complexity index is 1020. The molecule has 2 aromatic carbocycles. The van der Waals surface area contributed by atoms with Gasteiger partial charge in [0.1, 0.15) is 11.3 Å². The second-order valence-electron chi connectivity index (χ2n) is 7.06. The van der Waals surface area contributed by atoms with Gasteiger partial charge in [-0.2, -0.15) is 0 Å². The molecule has 0 fully saturated rings. The lowest BCUT2D eigenvalue weighted by molar-refractivity contribution is 0.0705. The molecule has 32 heavy (non-hydrogen) atoms. The third kappa shape index (κ3) is 5.74. The smallest absolute Gasteiger partial charge is 0.500 e. The highest BCUT2D eigenvalue weighted by molar-refractivity contribution is 6.60. The van der Waals surface area contributed by atoms with Gasteiger partial charge in [-0.25, -0.2) is 4.98 Å². The van der Waals surface area contributed by atoms with E-state index >= 15 is 0 Å². The summed E-state index contributed by atoms with van der Waals surface area (Å²) in [4.78, 5) is 17.0. The zero-order chi connectivity index (χ0) is 23.0. The normalized spacial score (nSPS) is 11.7. The van der Waals surface area contributed by atoms with Gasteiger partial charge in [-0.15, -0.1) is 0 Å². The first-order valence-electron chi connectivity index (χ1n) is 10.9. The molecule has 172 valence electrons. The summed E-state index contributed by atoms with van der Waals surface area (Å²) in [6.07, 6.45) is 0.681. The van der Waals surface area contributed by atoms with Crippen LogP contribution in [0.2, 0.25) is 6.04 Å². The summed E-state index contributed by atoms with van der Waals surface area (Å²) in [7, 11) is -2.71. The van der Waals surface area contributed by atoms with Crippen molar-refractivity contribution in [2.45, 2.75) is 33.2 Å². The molecule has 1 aromatic heterocycles. The van der Waals surface area contributed by atoms with Crippen LogP contribution in [0.1, 0.15) is 37.6 Å². The predicted molar refractivity (Wildman–Crippen MR) is 123 cm³/mol. The fourth-order valence-corrected chi connectivity index (χ4v) is 6.06. The van der Waals surface area contributed by atoms with Gasteiger partial charge >= 0.3 is 8.80 Å². The molecule has 0 saturated carbocycles. The van der Waals surface area contributed by atoms with E-state index in [0.717, 1.165) is 0 Å². The number of hydrogen-bond donors (Lipinski definition) is 2. The molecule has 0 unspecified atom stereocenters. The van der Waals surface area contributed by atoms with Crippen LogP contribution >= 0.6 is 0 Å². The van der Waals surface area contributed by atoms with E-state index in [-0.39, 0.29) is 11.7 Å². The summed E-state index contributed by atoms with van der Waals surface area (Å²) in [6, 6.07) is 12.5. The van der Waals surface area contributed by atoms with Gasteiger partial charge in [0, 0.05) is 38.0 Å². The van der Waals surface area contributed by atoms with Crippen LogP contribution in [0, 0.1) is 0 Å². The van der Waals surface area contributed by atoms with Gasteiger partial charge in [-0.1, -0.05) is 12.1 Å². The standard InChI is InChI=1S/C23H30N2O6Si/c1-4-28-32(29-5-2,30-6-3)15-9-14-24-22(27)17-12-13-19-21(16-17)31-23(25-19)18-10-7-8-11-20(18)26/h7-8,10-13,16,26H,4-6,9,14-15H2,1-3H3,(H,24,27). The third-order valence-corrected chi connectivity index (χ3v) is 7.97. The number of aromatic hydroxyl groups is 1. The summed E-state index contributed by atoms with van der Waals surface area (Å²) in [5, 5.41) is 12.9. The Labute approximate surface area is 188 Å². The molecule has 0 saturated heterocycles. The molecule has 1 amide bonds. The van der Waals surface area contributed by atoms with Crippen molar-refractivity contribution >= 4 is 25.8 Å². The number of phenols is 1. The number of amides is 1. The minimum Gasteiger partial charge on any atom is -0.507 e. The van der Waals surface area contributed by atoms with Gasteiger partial charge < -0.3 is 28.1 Å². The van der Waals surface area contributed by atoms with Gasteiger partial charge in [-0.05, 0) is 57.5 Å². The molecule has 0 radical (unpaired) electrons. The second kappa shape index (κ2) is 11.2. The van der Waals surface area contributed by atoms with Crippen LogP contribution in [0.4, 0.5) is 0 Å². The number of aromatic nitrogens is 1. The molecule has 9 heteroatoms. The SMILES string of the molecule is CCO[Si](CCCNC(=O)c1ccc2nc(-c3ccccc3O)oc2c1)(OCC)OCC. The number of nitrogens with one attached hydrogen (secondary N) is 1. The summed E-state index contributed by atoms with van der Waals surface area (Å²) in [5.74, 6) is 0.187. The van der Waals surface area contributed by atoms with Crippen molar-refractivity contribution in [2.75, 3.05) is 26.4 Å². The molecule has 8 nitrogen and oxygen atoms in total. The second-order valence-corrected chi connectivity index (χ2v) is 9.79. The minimum absolute atomic E-state index is 0.0859. The number of fused-ring (bicyclic) bond motifs is 1. The van der Waals surface area contributed by atoms with Crippen LogP contribution in [-0.2, 0) is 13.3 Å². The highest BCUT2D eigenvalue weighted by Gasteiger charge is 2.39. The number of rotatable bonds is 12. The van der Waals surface area contributed by atoms with Crippen molar-refractivity contribution in [3.05, 3.63) is 48.0 Å². The number of para-hydroxylation sites is 1. The van der Waals surface area contributed by atoms with Crippen molar-refractivity contribution in [3.63, 3.8) is 0 Å². The molecule has 0 atom stereocenters. The first kappa shape index (κ1) is 23.9. The van der Waals surface area contributed by atoms with Gasteiger partial charge in [0.05, 0.1) is 5.56 Å². The fourth-order valence-electron chi connectivity index (χ4n) is 3.45. The summed E-state index contributed by atoms with van der Waals surface area (Å²) < 4.78 is 23.3. The number of benzene rings is 2. The maximum atomic E-state index is 12.6. The van der Waals surface area contributed by atoms with E-state index in [1.165, 1.54) is 0 Å². The molecular weight excluding hydrogens is 428 g/mol. The Morgan fingerprint density at radius 1 is 1.06 bits per heavy atom. The highest BCUT2D eigenvalue weighted by atomic mass is 28.4. The minimum atomic E-state index is -2.71. The van der Waals surface area contributed by atoms with Crippen molar-refractivity contribution in [3.8, 4) is 17.2 Å². The number of nitrogens with zero attached hydrogens (tertiary/aromatic N) is 1. The van der Waals surface area contributed by atoms with E-state index in [2.05, 4.69) is 10.3 Å². The largest absolute Gasteiger partial charge is 0.507 e. The molecule has 3 rings (SSSR count). The van der Waals surface area contributed by atoms with Crippen LogP contribution in [0.5, 0.6) is 5.75 Å². The molecule has 3 aromatic rings. The first-order chi connectivity index (χ1) is 15.5. The predicted octanol–water partition coefficient (Wildman–Crippen LogP) is 4.37. The molecule has 0 aliphatic rings. The Morgan fingerprint density at radius 2 is 1.75 bits per heavy atom. The van der Waals surface area contributed by atoms with Crippen molar-refractivity contribution in [1.29, 1.82) is 0 Å². The average molecular weight is 459 g/mol. The first-order valence-corrected chi connectivity index (χ1v) is 12.8. The zero-order valence-electron chi connectivity index (χ0n) is 18.7. The lowest BCUT2D eigenvalue weighted by Crippen LogP contribution is -2.46. The van der Waals surface area contributed by atoms with Gasteiger partial charge in [0.2, 0.25) is 5.89 Å². The van der Waals surface area contributed by atoms with Crippen molar-refractivity contribution < 1.29 is 27.6 Å². The number of phenolic OH excluding ortho intramolecular Hbond substituents is 1. The summed E-state index contributed by atoms with van der Waals surface area (Å²) in [6.45, 7) is 7.82. The summed E-state index contributed by atoms with van der Waals surface area (Å²) in [5.41, 5.74) is 2.06. The maximum absolute atomic E-state index is 12.6. The van der Waals surface area contributed by atoms with E-state index in [1.54, 1.807) is 42.5 Å². The Kier molecular flexibility index (Phi) is 8.40. The summed E-state index contributed by atoms with van der Waals surface area (Å²) >= 11 is 0. The Hall–Kier alpha value is -2.72. The van der Waals surface area contributed by atoms with Crippen molar-refractivity contribution in [2.24, 2.45) is 0 Å². The van der Waals surface area contributed by atoms with Crippen LogP contribution in [0.3, 0.4) is 0 Å². The lowest BCUT2D eigenvalue weighted by atomic mass is 10.2. The molecule has 0 aliphatic heterocycles. The van der Waals surface area contributed by atoms with Gasteiger partial charge in [0.25, 0.3) is 5.91 Å². The van der Waals surface area contributed by atoms with E-state index in [1.807, 2.05) is 20.8 Å². The topological polar surface area (TPSA) is 103 Å². The van der Waals surface area contributed by atoms with Gasteiger partial charge in [-0.3, -0.25) is 4.79 Å². The Morgan fingerprint density at radius 3 is 2.41 bits per heavy atom. The monoisotopic (exact) mass is 458 g/mol. The van der Waals surface area contributed by atoms with Crippen LogP contribution in [-0.4, -0.2) is 51.2 Å². The van der Waals surface area contributed by atoms with E-state index in [0.29, 0.717) is 66.9 Å². The number of carbonyl (C=O) groups is 1. The quantitative estimate of drug-likeness (QED) is 0.307. The van der Waals surface area contributed by atoms with E-state index in [4.69, 9.17) is 17.7 Å². The lowest BCUT2D eigenvalue weighted by Gasteiger charge is -2.28. The number of carbonyl (C=O) groups excluding carboxylic acids is 1. The van der Waals surface area contributed by atoms with Gasteiger partial charge in [0.15, 0.2) is 5.58 Å². The van der Waals surface area contributed by atoms with E-state index < -0.39 is 8.80 Å². The number of hydrogen-bond acceptors (Lipinski definition) is 7. The zero-order valence-corrected chi connectivity index (χ0v) is 19.7. The molecule has 2 N–H and O–H groups in total. The average Bonchev–Trinajstić information content (AvgIpc) is 3.20. The van der Waals surface area contributed by atoms with Crippen LogP contribution in [0.15, 0.2) is 46.9 Å². The fraction of sp³-hybridized carbons (Fsp3) is 0.391. The maximum Gasteiger partial charge on any atom is 0.500 e.